The van der Waals surface area contributed by atoms with E-state index in [-0.39, 0.29) is 31.7 Å². The molecule has 3 aromatic rings. The number of aromatic hydroxyl groups is 2. The molecule has 0 fully saturated rings. The fourth-order valence-corrected chi connectivity index (χ4v) is 8.07. The normalized spacial score (nSPS) is 13.0. The monoisotopic (exact) mass is 758 g/mol. The minimum absolute atomic E-state index is 0.155. The molecular formula is C43H63ClO5S2. The molecule has 0 saturated carbocycles. The lowest BCUT2D eigenvalue weighted by molar-refractivity contribution is -0.158. The number of carbonyl (C=O) groups excluding carboxylic acids is 1. The molecule has 284 valence electrons. The number of hydrogen-bond acceptors (Lipinski definition) is 7. The summed E-state index contributed by atoms with van der Waals surface area (Å²) in [5, 5.41) is 22.9. The Bertz CT molecular complexity index is 1490. The molecule has 3 rings (SSSR count). The summed E-state index contributed by atoms with van der Waals surface area (Å²) in [7, 11) is 0. The van der Waals surface area contributed by atoms with E-state index in [9.17, 15) is 15.0 Å². The third-order valence-corrected chi connectivity index (χ3v) is 10.8. The van der Waals surface area contributed by atoms with Crippen LogP contribution in [-0.4, -0.2) is 32.5 Å². The van der Waals surface area contributed by atoms with Gasteiger partial charge in [0.1, 0.15) is 17.2 Å². The van der Waals surface area contributed by atoms with Crippen molar-refractivity contribution in [1.29, 1.82) is 0 Å². The molecule has 0 saturated heterocycles. The largest absolute Gasteiger partial charge is 0.507 e. The number of thioether (sulfide) groups is 2. The summed E-state index contributed by atoms with van der Waals surface area (Å²) in [5.74, 6) is 1.04. The van der Waals surface area contributed by atoms with Crippen molar-refractivity contribution >= 4 is 41.1 Å². The van der Waals surface area contributed by atoms with Crippen molar-refractivity contribution in [2.75, 3.05) is 6.61 Å². The predicted octanol–water partition coefficient (Wildman–Crippen LogP) is 13.0. The smallest absolute Gasteiger partial charge is 0.349 e. The Morgan fingerprint density at radius 3 is 1.20 bits per heavy atom. The highest BCUT2D eigenvalue weighted by molar-refractivity contribution is 8.18. The first-order valence-electron chi connectivity index (χ1n) is 17.6. The van der Waals surface area contributed by atoms with Crippen LogP contribution < -0.4 is 4.74 Å². The Kier molecular flexibility index (Phi) is 14.2. The van der Waals surface area contributed by atoms with Gasteiger partial charge in [0.2, 0.25) is 0 Å². The van der Waals surface area contributed by atoms with Gasteiger partial charge in [-0.25, -0.2) is 4.79 Å². The first-order chi connectivity index (χ1) is 22.9. The quantitative estimate of drug-likeness (QED) is 0.135. The van der Waals surface area contributed by atoms with Crippen molar-refractivity contribution in [2.45, 2.75) is 159 Å². The topological polar surface area (TPSA) is 76.0 Å². The average Bonchev–Trinajstić information content (AvgIpc) is 2.93. The van der Waals surface area contributed by atoms with E-state index in [0.29, 0.717) is 28.9 Å². The molecule has 0 heterocycles. The van der Waals surface area contributed by atoms with Gasteiger partial charge < -0.3 is 19.7 Å². The number of esters is 1. The van der Waals surface area contributed by atoms with Gasteiger partial charge in [-0.3, -0.25) is 0 Å². The summed E-state index contributed by atoms with van der Waals surface area (Å²) < 4.78 is 10.3. The molecule has 2 N–H and O–H groups in total. The third kappa shape index (κ3) is 12.9. The second kappa shape index (κ2) is 16.3. The third-order valence-electron chi connectivity index (χ3n) is 8.08. The number of ether oxygens (including phenoxy) is 2. The van der Waals surface area contributed by atoms with Crippen LogP contribution in [0.2, 0.25) is 5.02 Å². The van der Waals surface area contributed by atoms with Gasteiger partial charge in [0.25, 0.3) is 0 Å². The molecule has 0 aliphatic heterocycles. The highest BCUT2D eigenvalue weighted by atomic mass is 35.5. The molecule has 8 heteroatoms. The Morgan fingerprint density at radius 1 is 0.608 bits per heavy atom. The van der Waals surface area contributed by atoms with E-state index in [2.05, 4.69) is 121 Å². The Balaban J connectivity index is 0.000000469. The Hall–Kier alpha value is -2.48. The zero-order valence-corrected chi connectivity index (χ0v) is 36.5. The summed E-state index contributed by atoms with van der Waals surface area (Å²) >= 11 is 9.41. The fourth-order valence-electron chi connectivity index (χ4n) is 5.35. The van der Waals surface area contributed by atoms with Crippen LogP contribution in [0.25, 0.3) is 0 Å². The van der Waals surface area contributed by atoms with Crippen molar-refractivity contribution in [3.05, 3.63) is 75.8 Å². The van der Waals surface area contributed by atoms with Gasteiger partial charge in [-0.1, -0.05) is 94.7 Å². The lowest BCUT2D eigenvalue weighted by Crippen LogP contribution is -2.39. The van der Waals surface area contributed by atoms with E-state index < -0.39 is 5.60 Å². The fraction of sp³-hybridized carbons (Fsp3) is 0.558. The number of phenols is 2. The van der Waals surface area contributed by atoms with Gasteiger partial charge in [-0.15, -0.1) is 23.5 Å². The van der Waals surface area contributed by atoms with Crippen LogP contribution in [0.5, 0.6) is 17.2 Å². The number of carbonyl (C=O) groups is 1. The van der Waals surface area contributed by atoms with E-state index in [0.717, 1.165) is 22.3 Å². The summed E-state index contributed by atoms with van der Waals surface area (Å²) in [6.45, 7) is 35.8. The molecule has 3 aromatic carbocycles. The maximum absolute atomic E-state index is 11.6. The number of phenolic OH excluding ortho intramolecular Hbond substituents is 2. The Morgan fingerprint density at radius 2 is 0.922 bits per heavy atom. The lowest BCUT2D eigenvalue weighted by Gasteiger charge is -2.31. The zero-order chi connectivity index (χ0) is 39.5. The van der Waals surface area contributed by atoms with E-state index in [1.54, 1.807) is 45.0 Å². The number of rotatable bonds is 8. The lowest BCUT2D eigenvalue weighted by atomic mass is 9.79. The van der Waals surface area contributed by atoms with Crippen molar-refractivity contribution < 1.29 is 24.5 Å². The highest BCUT2D eigenvalue weighted by Crippen LogP contribution is 2.51. The van der Waals surface area contributed by atoms with Crippen LogP contribution in [0.15, 0.2) is 58.3 Å². The van der Waals surface area contributed by atoms with Crippen molar-refractivity contribution in [2.24, 2.45) is 0 Å². The second-order valence-corrected chi connectivity index (χ2v) is 22.2. The molecule has 0 atom stereocenters. The van der Waals surface area contributed by atoms with E-state index >= 15 is 0 Å². The minimum atomic E-state index is -0.996. The average molecular weight is 760 g/mol. The molecule has 0 spiro atoms. The number of halogens is 1. The van der Waals surface area contributed by atoms with Crippen LogP contribution in [0.3, 0.4) is 0 Å². The molecule has 0 amide bonds. The van der Waals surface area contributed by atoms with Gasteiger partial charge in [0.15, 0.2) is 5.60 Å². The summed E-state index contributed by atoms with van der Waals surface area (Å²) in [6.07, 6.45) is 0. The Labute approximate surface area is 322 Å². The molecule has 0 aliphatic carbocycles. The molecular weight excluding hydrogens is 696 g/mol. The van der Waals surface area contributed by atoms with Crippen LogP contribution in [0, 0.1) is 0 Å². The summed E-state index contributed by atoms with van der Waals surface area (Å²) in [4.78, 5) is 13.9. The predicted molar refractivity (Wildman–Crippen MR) is 220 cm³/mol. The van der Waals surface area contributed by atoms with E-state index in [4.69, 9.17) is 21.1 Å². The van der Waals surface area contributed by atoms with Crippen LogP contribution >= 0.6 is 35.1 Å². The number of hydrogen-bond donors (Lipinski definition) is 2. The first kappa shape index (κ1) is 44.7. The van der Waals surface area contributed by atoms with Gasteiger partial charge in [-0.05, 0) is 105 Å². The molecule has 51 heavy (non-hydrogen) atoms. The molecule has 0 bridgehead atoms. The standard InChI is InChI=1S/C31H48O2S2.C12H15ClO3/c1-27(2,3)21-15-19(16-22(25(21)32)28(4,5)6)34-31(13,14)35-20-17-23(29(7,8)9)26(33)24(18-20)30(10,11)12;1-4-15-11(14)12(2,3)16-10-7-5-9(13)6-8-10/h15-18,32-33H,1-14H3;5-8H,4H2,1-3H3. The van der Waals surface area contributed by atoms with Crippen LogP contribution in [-0.2, 0) is 31.2 Å². The van der Waals surface area contributed by atoms with Crippen molar-refractivity contribution in [3.63, 3.8) is 0 Å². The van der Waals surface area contributed by atoms with Crippen molar-refractivity contribution in [3.8, 4) is 17.2 Å². The van der Waals surface area contributed by atoms with Gasteiger partial charge in [0, 0.05) is 37.1 Å². The maximum Gasteiger partial charge on any atom is 0.349 e. The SMILES string of the molecule is CC(C)(Sc1cc(C(C)(C)C)c(O)c(C(C)(C)C)c1)Sc1cc(C(C)(C)C)c(O)c(C(C)(C)C)c1.CCOC(=O)C(C)(C)Oc1ccc(Cl)cc1. The maximum atomic E-state index is 11.6. The molecule has 0 unspecified atom stereocenters. The second-order valence-electron chi connectivity index (χ2n) is 18.1. The number of benzene rings is 3. The molecule has 5 nitrogen and oxygen atoms in total. The van der Waals surface area contributed by atoms with Crippen LogP contribution in [0.4, 0.5) is 0 Å². The summed E-state index contributed by atoms with van der Waals surface area (Å²) in [5.41, 5.74) is 2.34. The highest BCUT2D eigenvalue weighted by Gasteiger charge is 2.33. The summed E-state index contributed by atoms with van der Waals surface area (Å²) in [6, 6.07) is 15.5. The van der Waals surface area contributed by atoms with Crippen LogP contribution in [0.1, 0.15) is 140 Å². The van der Waals surface area contributed by atoms with E-state index in [1.165, 1.54) is 9.79 Å². The van der Waals surface area contributed by atoms with Crippen molar-refractivity contribution in [1.82, 2.24) is 0 Å². The molecule has 0 aliphatic rings. The van der Waals surface area contributed by atoms with Gasteiger partial charge in [-0.2, -0.15) is 0 Å². The van der Waals surface area contributed by atoms with Gasteiger partial charge >= 0.3 is 5.97 Å². The molecule has 0 radical (unpaired) electrons. The van der Waals surface area contributed by atoms with E-state index in [1.807, 2.05) is 23.5 Å². The minimum Gasteiger partial charge on any atom is -0.507 e. The zero-order valence-electron chi connectivity index (χ0n) is 34.1. The van der Waals surface area contributed by atoms with Gasteiger partial charge in [0.05, 0.1) is 10.7 Å². The first-order valence-corrected chi connectivity index (χ1v) is 19.7. The molecule has 0 aromatic heterocycles.